The lowest BCUT2D eigenvalue weighted by molar-refractivity contribution is -0.121. The van der Waals surface area contributed by atoms with Gasteiger partial charge in [-0.15, -0.1) is 0 Å². The number of hydrogen-bond donors (Lipinski definition) is 1. The molecule has 2 aromatic carbocycles. The third-order valence-corrected chi connectivity index (χ3v) is 4.89. The zero-order valence-electron chi connectivity index (χ0n) is 15.5. The summed E-state index contributed by atoms with van der Waals surface area (Å²) in [6.45, 7) is 3.63. The standard InChI is InChI=1S/C22H19N3O3/c1-13(2)19(25-21(27)15-9-3-4-10-16(15)22(25)28)20(26)24-17-11-5-7-14-8-6-12-23-18(14)17/h3-13,19H,1-2H3,(H,24,26)/t19-/m0/s1/i1+1,2+1. The molecular weight excluding hydrogens is 356 g/mol. The number of anilines is 1. The zero-order chi connectivity index (χ0) is 19.8. The van der Waals surface area contributed by atoms with Gasteiger partial charge in [0.2, 0.25) is 5.91 Å². The molecule has 0 saturated heterocycles. The van der Waals surface area contributed by atoms with E-state index in [0.717, 1.165) is 10.3 Å². The Hall–Kier alpha value is -3.54. The fourth-order valence-electron chi connectivity index (χ4n) is 3.59. The largest absolute Gasteiger partial charge is 0.322 e. The molecule has 6 heteroatoms. The zero-order valence-corrected chi connectivity index (χ0v) is 15.5. The van der Waals surface area contributed by atoms with Crippen molar-refractivity contribution in [1.29, 1.82) is 0 Å². The van der Waals surface area contributed by atoms with Crippen LogP contribution >= 0.6 is 0 Å². The summed E-state index contributed by atoms with van der Waals surface area (Å²) < 4.78 is 0. The van der Waals surface area contributed by atoms with Crippen LogP contribution in [0.2, 0.25) is 0 Å². The Labute approximate surface area is 162 Å². The topological polar surface area (TPSA) is 79.4 Å². The summed E-state index contributed by atoms with van der Waals surface area (Å²) in [4.78, 5) is 44.2. The van der Waals surface area contributed by atoms with E-state index in [-0.39, 0.29) is 5.92 Å². The third-order valence-electron chi connectivity index (χ3n) is 4.89. The second-order valence-electron chi connectivity index (χ2n) is 7.08. The molecule has 6 nitrogen and oxygen atoms in total. The lowest BCUT2D eigenvalue weighted by atomic mass is 10.1. The number of fused-ring (bicyclic) bond motifs is 2. The number of para-hydroxylation sites is 1. The Morgan fingerprint density at radius 2 is 1.57 bits per heavy atom. The second kappa shape index (κ2) is 6.88. The minimum absolute atomic E-state index is 0.259. The highest BCUT2D eigenvalue weighted by Crippen LogP contribution is 2.28. The summed E-state index contributed by atoms with van der Waals surface area (Å²) in [6.07, 6.45) is 1.65. The highest BCUT2D eigenvalue weighted by molar-refractivity contribution is 6.23. The normalized spacial score (nSPS) is 14.5. The van der Waals surface area contributed by atoms with Gasteiger partial charge in [0.25, 0.3) is 11.8 Å². The van der Waals surface area contributed by atoms with Crippen molar-refractivity contribution in [3.05, 3.63) is 71.9 Å². The molecule has 1 atom stereocenters. The Kier molecular flexibility index (Phi) is 4.39. The van der Waals surface area contributed by atoms with Crippen molar-refractivity contribution in [2.45, 2.75) is 19.9 Å². The molecule has 3 aromatic rings. The van der Waals surface area contributed by atoms with Crippen molar-refractivity contribution in [2.24, 2.45) is 5.92 Å². The number of carbonyl (C=O) groups is 3. The first-order chi connectivity index (χ1) is 13.5. The second-order valence-corrected chi connectivity index (χ2v) is 7.08. The average molecular weight is 375 g/mol. The summed E-state index contributed by atoms with van der Waals surface area (Å²) in [6, 6.07) is 14.9. The van der Waals surface area contributed by atoms with E-state index in [4.69, 9.17) is 0 Å². The highest BCUT2D eigenvalue weighted by Gasteiger charge is 2.43. The summed E-state index contributed by atoms with van der Waals surface area (Å²) in [5.74, 6) is -1.55. The third kappa shape index (κ3) is 2.83. The number of amides is 3. The van der Waals surface area contributed by atoms with Crippen LogP contribution in [-0.2, 0) is 4.79 Å². The molecule has 3 amide bonds. The highest BCUT2D eigenvalue weighted by atomic mass is 16.2. The van der Waals surface area contributed by atoms with Gasteiger partial charge in [0.05, 0.1) is 22.3 Å². The number of nitrogens with zero attached hydrogens (tertiary/aromatic N) is 2. The van der Waals surface area contributed by atoms with Gasteiger partial charge in [0, 0.05) is 11.6 Å². The van der Waals surface area contributed by atoms with Crippen molar-refractivity contribution in [2.75, 3.05) is 5.32 Å². The van der Waals surface area contributed by atoms with Gasteiger partial charge in [-0.3, -0.25) is 24.3 Å². The van der Waals surface area contributed by atoms with Crippen LogP contribution in [0, 0.1) is 5.92 Å². The van der Waals surface area contributed by atoms with Gasteiger partial charge >= 0.3 is 0 Å². The number of carbonyl (C=O) groups excluding carboxylic acids is 3. The van der Waals surface area contributed by atoms with E-state index < -0.39 is 23.8 Å². The van der Waals surface area contributed by atoms with E-state index in [1.54, 1.807) is 36.5 Å². The predicted octanol–water partition coefficient (Wildman–Crippen LogP) is 3.49. The molecule has 2 heterocycles. The maximum absolute atomic E-state index is 13.1. The maximum atomic E-state index is 13.1. The van der Waals surface area contributed by atoms with E-state index >= 15 is 0 Å². The van der Waals surface area contributed by atoms with E-state index in [1.807, 2.05) is 38.1 Å². The molecule has 1 N–H and O–H groups in total. The number of aromatic nitrogens is 1. The van der Waals surface area contributed by atoms with Crippen LogP contribution < -0.4 is 5.32 Å². The van der Waals surface area contributed by atoms with Crippen LogP contribution in [0.3, 0.4) is 0 Å². The predicted molar refractivity (Wildman–Crippen MR) is 106 cm³/mol. The van der Waals surface area contributed by atoms with Crippen molar-refractivity contribution in [3.8, 4) is 0 Å². The molecule has 0 saturated carbocycles. The SMILES string of the molecule is [13CH3]C([13CH3])[C@@H](C(=O)Nc1cccc2cccnc12)N1C(=O)c2ccccc2C1=O. The van der Waals surface area contributed by atoms with Crippen molar-refractivity contribution < 1.29 is 14.4 Å². The number of pyridine rings is 1. The first-order valence-electron chi connectivity index (χ1n) is 9.10. The summed E-state index contributed by atoms with van der Waals surface area (Å²) in [5, 5.41) is 3.75. The lowest BCUT2D eigenvalue weighted by Crippen LogP contribution is -2.50. The molecule has 1 aliphatic heterocycles. The van der Waals surface area contributed by atoms with Gasteiger partial charge in [-0.25, -0.2) is 0 Å². The minimum atomic E-state index is -0.925. The quantitative estimate of drug-likeness (QED) is 0.559. The van der Waals surface area contributed by atoms with Gasteiger partial charge in [0.15, 0.2) is 0 Å². The minimum Gasteiger partial charge on any atom is -0.322 e. The van der Waals surface area contributed by atoms with Crippen LogP contribution in [0.5, 0.6) is 0 Å². The fraction of sp³-hybridized carbons (Fsp3) is 0.182. The first-order valence-corrected chi connectivity index (χ1v) is 9.10. The van der Waals surface area contributed by atoms with Crippen LogP contribution in [0.15, 0.2) is 60.8 Å². The Morgan fingerprint density at radius 3 is 2.21 bits per heavy atom. The molecule has 0 unspecified atom stereocenters. The molecule has 0 spiro atoms. The lowest BCUT2D eigenvalue weighted by Gasteiger charge is -2.28. The van der Waals surface area contributed by atoms with Crippen LogP contribution in [0.25, 0.3) is 10.9 Å². The van der Waals surface area contributed by atoms with Gasteiger partial charge in [-0.05, 0) is 30.2 Å². The van der Waals surface area contributed by atoms with E-state index in [2.05, 4.69) is 10.3 Å². The van der Waals surface area contributed by atoms with Gasteiger partial charge < -0.3 is 5.32 Å². The summed E-state index contributed by atoms with van der Waals surface area (Å²) in [7, 11) is 0. The maximum Gasteiger partial charge on any atom is 0.262 e. The molecule has 0 fully saturated rings. The van der Waals surface area contributed by atoms with Gasteiger partial charge in [-0.1, -0.05) is 44.2 Å². The summed E-state index contributed by atoms with van der Waals surface area (Å²) >= 11 is 0. The van der Waals surface area contributed by atoms with Gasteiger partial charge in [0.1, 0.15) is 6.04 Å². The fourth-order valence-corrected chi connectivity index (χ4v) is 3.59. The molecule has 28 heavy (non-hydrogen) atoms. The molecule has 0 radical (unpaired) electrons. The smallest absolute Gasteiger partial charge is 0.262 e. The van der Waals surface area contributed by atoms with E-state index in [1.165, 1.54) is 0 Å². The number of nitrogens with one attached hydrogen (secondary N) is 1. The molecule has 1 aliphatic rings. The monoisotopic (exact) mass is 375 g/mol. The van der Waals surface area contributed by atoms with E-state index in [9.17, 15) is 14.4 Å². The molecule has 4 rings (SSSR count). The van der Waals surface area contributed by atoms with Crippen molar-refractivity contribution >= 4 is 34.3 Å². The summed E-state index contributed by atoms with van der Waals surface area (Å²) in [5.41, 5.74) is 1.86. The van der Waals surface area contributed by atoms with Crippen LogP contribution in [-0.4, -0.2) is 33.6 Å². The van der Waals surface area contributed by atoms with Gasteiger partial charge in [-0.2, -0.15) is 0 Å². The van der Waals surface area contributed by atoms with Crippen molar-refractivity contribution in [1.82, 2.24) is 9.88 Å². The van der Waals surface area contributed by atoms with Crippen LogP contribution in [0.4, 0.5) is 5.69 Å². The molecular formula is C22H19N3O3. The average Bonchev–Trinajstić information content (AvgIpc) is 2.94. The Morgan fingerprint density at radius 1 is 0.929 bits per heavy atom. The van der Waals surface area contributed by atoms with Crippen LogP contribution in [0.1, 0.15) is 34.6 Å². The number of rotatable bonds is 4. The molecule has 0 bridgehead atoms. The Bertz CT molecular complexity index is 1070. The number of benzene rings is 2. The Balaban J connectivity index is 1.68. The molecule has 1 aromatic heterocycles. The number of imide groups is 1. The molecule has 140 valence electrons. The van der Waals surface area contributed by atoms with E-state index in [0.29, 0.717) is 22.3 Å². The van der Waals surface area contributed by atoms with Crippen molar-refractivity contribution in [3.63, 3.8) is 0 Å². The molecule has 0 aliphatic carbocycles. The first kappa shape index (κ1) is 17.9. The number of hydrogen-bond acceptors (Lipinski definition) is 4.